The molecule has 0 spiro atoms. The molecule has 0 bridgehead atoms. The molecule has 3 aromatic rings. The number of aromatic nitrogens is 3. The number of hydrogen-bond donors (Lipinski definition) is 1. The minimum atomic E-state index is 0.786. The molecule has 0 saturated carbocycles. The maximum atomic E-state index is 4.54. The summed E-state index contributed by atoms with van der Waals surface area (Å²) in [4.78, 5) is 5.64. The summed E-state index contributed by atoms with van der Waals surface area (Å²) in [6, 6.07) is 10.6. The Morgan fingerprint density at radius 1 is 1.16 bits per heavy atom. The van der Waals surface area contributed by atoms with E-state index in [0.29, 0.717) is 0 Å². The smallest absolute Gasteiger partial charge is 0.191 e. The molecule has 0 saturated heterocycles. The summed E-state index contributed by atoms with van der Waals surface area (Å²) in [5, 5.41) is 9.33. The van der Waals surface area contributed by atoms with Gasteiger partial charge >= 0.3 is 0 Å². The number of benzene rings is 1. The summed E-state index contributed by atoms with van der Waals surface area (Å²) in [7, 11) is 0. The third-order valence-electron chi connectivity index (χ3n) is 3.22. The normalized spacial score (nSPS) is 10.8. The molecule has 0 atom stereocenters. The van der Waals surface area contributed by atoms with Gasteiger partial charge in [-0.05, 0) is 42.0 Å². The highest BCUT2D eigenvalue weighted by atomic mass is 32.1. The molecule has 3 nitrogen and oxygen atoms in total. The van der Waals surface area contributed by atoms with E-state index in [9.17, 15) is 0 Å². The topological polar surface area (TPSA) is 41.6 Å². The first-order chi connectivity index (χ1) is 9.22. The van der Waals surface area contributed by atoms with Crippen LogP contribution < -0.4 is 0 Å². The van der Waals surface area contributed by atoms with Crippen LogP contribution in [0.2, 0.25) is 0 Å². The zero-order valence-electron chi connectivity index (χ0n) is 11.0. The van der Waals surface area contributed by atoms with Gasteiger partial charge in [0.05, 0.1) is 4.88 Å². The second-order valence-corrected chi connectivity index (χ2v) is 5.63. The third-order valence-corrected chi connectivity index (χ3v) is 4.08. The fourth-order valence-corrected chi connectivity index (χ4v) is 2.65. The van der Waals surface area contributed by atoms with E-state index in [0.717, 1.165) is 22.9 Å². The van der Waals surface area contributed by atoms with Crippen molar-refractivity contribution in [2.24, 2.45) is 0 Å². The lowest BCUT2D eigenvalue weighted by atomic mass is 10.0. The Kier molecular flexibility index (Phi) is 3.17. The van der Waals surface area contributed by atoms with Gasteiger partial charge in [0.15, 0.2) is 5.82 Å². The van der Waals surface area contributed by atoms with Crippen LogP contribution in [-0.2, 0) is 6.42 Å². The van der Waals surface area contributed by atoms with E-state index in [1.54, 1.807) is 11.3 Å². The monoisotopic (exact) mass is 269 g/mol. The van der Waals surface area contributed by atoms with E-state index in [4.69, 9.17) is 0 Å². The summed E-state index contributed by atoms with van der Waals surface area (Å²) >= 11 is 1.66. The lowest BCUT2D eigenvalue weighted by Gasteiger charge is -2.03. The molecule has 0 fully saturated rings. The molecule has 19 heavy (non-hydrogen) atoms. The number of rotatable bonds is 3. The van der Waals surface area contributed by atoms with Gasteiger partial charge in [0.2, 0.25) is 0 Å². The predicted molar refractivity (Wildman–Crippen MR) is 78.4 cm³/mol. The van der Waals surface area contributed by atoms with Crippen LogP contribution in [0.4, 0.5) is 0 Å². The van der Waals surface area contributed by atoms with E-state index in [-0.39, 0.29) is 0 Å². The van der Waals surface area contributed by atoms with E-state index in [2.05, 4.69) is 47.2 Å². The molecule has 3 rings (SSSR count). The first-order valence-electron chi connectivity index (χ1n) is 6.23. The first-order valence-corrected chi connectivity index (χ1v) is 7.11. The Hall–Kier alpha value is -1.94. The van der Waals surface area contributed by atoms with Crippen molar-refractivity contribution in [1.82, 2.24) is 15.2 Å². The highest BCUT2D eigenvalue weighted by Gasteiger charge is 2.07. The number of nitrogens with zero attached hydrogens (tertiary/aromatic N) is 2. The maximum Gasteiger partial charge on any atom is 0.191 e. The van der Waals surface area contributed by atoms with E-state index in [1.165, 1.54) is 16.7 Å². The van der Waals surface area contributed by atoms with Crippen molar-refractivity contribution in [2.75, 3.05) is 0 Å². The standard InChI is InChI=1S/C15H15N3S/c1-10-5-6-12(8-11(10)2)9-14-16-15(18-17-14)13-4-3-7-19-13/h3-8H,9H2,1-2H3,(H,16,17,18). The van der Waals surface area contributed by atoms with Crippen molar-refractivity contribution < 1.29 is 0 Å². The van der Waals surface area contributed by atoms with Crippen LogP contribution in [-0.4, -0.2) is 15.2 Å². The Labute approximate surface area is 116 Å². The van der Waals surface area contributed by atoms with Gasteiger partial charge in [-0.2, -0.15) is 5.10 Å². The molecule has 0 aliphatic carbocycles. The van der Waals surface area contributed by atoms with E-state index in [1.807, 2.05) is 17.5 Å². The van der Waals surface area contributed by atoms with Crippen molar-refractivity contribution >= 4 is 11.3 Å². The SMILES string of the molecule is Cc1ccc(Cc2nc(-c3cccs3)n[nH]2)cc1C. The van der Waals surface area contributed by atoms with Crippen molar-refractivity contribution in [3.8, 4) is 10.7 Å². The van der Waals surface area contributed by atoms with Gasteiger partial charge in [0.1, 0.15) is 5.82 Å². The lowest BCUT2D eigenvalue weighted by Crippen LogP contribution is -1.92. The molecule has 0 radical (unpaired) electrons. The molecule has 1 N–H and O–H groups in total. The summed E-state index contributed by atoms with van der Waals surface area (Å²) in [5.41, 5.74) is 3.90. The van der Waals surface area contributed by atoms with Crippen molar-refractivity contribution in [1.29, 1.82) is 0 Å². The molecule has 0 aliphatic rings. The van der Waals surface area contributed by atoms with Gasteiger partial charge < -0.3 is 0 Å². The number of thiophene rings is 1. The largest absolute Gasteiger partial charge is 0.262 e. The van der Waals surface area contributed by atoms with Crippen LogP contribution in [0.1, 0.15) is 22.5 Å². The van der Waals surface area contributed by atoms with Crippen molar-refractivity contribution in [3.05, 3.63) is 58.2 Å². The van der Waals surface area contributed by atoms with Gasteiger partial charge in [-0.3, -0.25) is 5.10 Å². The summed E-state index contributed by atoms with van der Waals surface area (Å²) in [6.45, 7) is 4.26. The molecule has 4 heteroatoms. The number of nitrogens with one attached hydrogen (secondary N) is 1. The Morgan fingerprint density at radius 3 is 2.79 bits per heavy atom. The number of H-pyrrole nitrogens is 1. The number of aryl methyl sites for hydroxylation is 2. The predicted octanol–water partition coefficient (Wildman–Crippen LogP) is 3.74. The average Bonchev–Trinajstić information content (AvgIpc) is 3.04. The Bertz CT molecular complexity index is 683. The quantitative estimate of drug-likeness (QED) is 0.787. The molecule has 2 aromatic heterocycles. The van der Waals surface area contributed by atoms with Gasteiger partial charge in [-0.15, -0.1) is 11.3 Å². The van der Waals surface area contributed by atoms with Crippen LogP contribution in [0, 0.1) is 13.8 Å². The Balaban J connectivity index is 1.82. The maximum absolute atomic E-state index is 4.54. The second kappa shape index (κ2) is 4.97. The fraction of sp³-hybridized carbons (Fsp3) is 0.200. The van der Waals surface area contributed by atoms with Crippen molar-refractivity contribution in [2.45, 2.75) is 20.3 Å². The molecule has 2 heterocycles. The van der Waals surface area contributed by atoms with Gasteiger partial charge in [0, 0.05) is 6.42 Å². The summed E-state index contributed by atoms with van der Waals surface area (Å²) in [5.74, 6) is 1.69. The van der Waals surface area contributed by atoms with Gasteiger partial charge in [0.25, 0.3) is 0 Å². The summed E-state index contributed by atoms with van der Waals surface area (Å²) < 4.78 is 0. The molecule has 0 unspecified atom stereocenters. The van der Waals surface area contributed by atoms with Gasteiger partial charge in [-0.1, -0.05) is 24.3 Å². The minimum absolute atomic E-state index is 0.786. The zero-order chi connectivity index (χ0) is 13.2. The molecule has 0 amide bonds. The highest BCUT2D eigenvalue weighted by Crippen LogP contribution is 2.21. The molecule has 0 aliphatic heterocycles. The highest BCUT2D eigenvalue weighted by molar-refractivity contribution is 7.13. The summed E-state index contributed by atoms with van der Waals surface area (Å²) in [6.07, 6.45) is 0.791. The average molecular weight is 269 g/mol. The molecular weight excluding hydrogens is 254 g/mol. The minimum Gasteiger partial charge on any atom is -0.262 e. The fourth-order valence-electron chi connectivity index (χ4n) is 2.00. The van der Waals surface area contributed by atoms with Gasteiger partial charge in [-0.25, -0.2) is 4.98 Å². The molecular formula is C15H15N3S. The molecule has 96 valence electrons. The van der Waals surface area contributed by atoms with Crippen molar-refractivity contribution in [3.63, 3.8) is 0 Å². The Morgan fingerprint density at radius 2 is 2.05 bits per heavy atom. The van der Waals surface area contributed by atoms with E-state index >= 15 is 0 Å². The van der Waals surface area contributed by atoms with Crippen LogP contribution in [0.5, 0.6) is 0 Å². The molecule has 1 aromatic carbocycles. The second-order valence-electron chi connectivity index (χ2n) is 4.68. The first kappa shape index (κ1) is 12.1. The number of hydrogen-bond acceptors (Lipinski definition) is 3. The zero-order valence-corrected chi connectivity index (χ0v) is 11.8. The van der Waals surface area contributed by atoms with Crippen LogP contribution >= 0.6 is 11.3 Å². The van der Waals surface area contributed by atoms with Crippen LogP contribution in [0.25, 0.3) is 10.7 Å². The van der Waals surface area contributed by atoms with Crippen LogP contribution in [0.3, 0.4) is 0 Å². The lowest BCUT2D eigenvalue weighted by molar-refractivity contribution is 0.970. The third kappa shape index (κ3) is 2.58. The number of aromatic amines is 1. The van der Waals surface area contributed by atoms with E-state index < -0.39 is 0 Å². The van der Waals surface area contributed by atoms with Crippen LogP contribution in [0.15, 0.2) is 35.7 Å².